The van der Waals surface area contributed by atoms with Crippen LogP contribution in [0.25, 0.3) is 0 Å². The average molecular weight is 298 g/mol. The van der Waals surface area contributed by atoms with Gasteiger partial charge in [-0.05, 0) is 44.0 Å². The third kappa shape index (κ3) is 2.98. The first kappa shape index (κ1) is 15.7. The third-order valence-electron chi connectivity index (χ3n) is 3.55. The Bertz CT molecular complexity index is 726. The van der Waals surface area contributed by atoms with Crippen molar-refractivity contribution in [1.82, 2.24) is 0 Å². The standard InChI is InChI=1S/C17H18N2O3/c1-4-18(16-11-12(2)9-10-13(16)3)17(20)14-7-5-6-8-15(14)19(21)22/h5-11H,4H2,1-3H3. The van der Waals surface area contributed by atoms with Gasteiger partial charge in [0.2, 0.25) is 0 Å². The lowest BCUT2D eigenvalue weighted by Crippen LogP contribution is -2.31. The summed E-state index contributed by atoms with van der Waals surface area (Å²) in [7, 11) is 0. The van der Waals surface area contributed by atoms with Crippen LogP contribution >= 0.6 is 0 Å². The van der Waals surface area contributed by atoms with E-state index >= 15 is 0 Å². The Labute approximate surface area is 129 Å². The van der Waals surface area contributed by atoms with Crippen LogP contribution in [0.15, 0.2) is 42.5 Å². The summed E-state index contributed by atoms with van der Waals surface area (Å²) < 4.78 is 0. The van der Waals surface area contributed by atoms with Gasteiger partial charge < -0.3 is 4.90 Å². The molecule has 2 aromatic carbocycles. The Morgan fingerprint density at radius 1 is 1.18 bits per heavy atom. The van der Waals surface area contributed by atoms with Crippen molar-refractivity contribution in [2.45, 2.75) is 20.8 Å². The van der Waals surface area contributed by atoms with Crippen LogP contribution in [0.1, 0.15) is 28.4 Å². The van der Waals surface area contributed by atoms with Crippen molar-refractivity contribution in [3.8, 4) is 0 Å². The zero-order chi connectivity index (χ0) is 16.3. The van der Waals surface area contributed by atoms with E-state index in [0.717, 1.165) is 16.8 Å². The van der Waals surface area contributed by atoms with Gasteiger partial charge in [0, 0.05) is 18.3 Å². The van der Waals surface area contributed by atoms with Crippen LogP contribution in [0.4, 0.5) is 11.4 Å². The van der Waals surface area contributed by atoms with Crippen LogP contribution in [0, 0.1) is 24.0 Å². The van der Waals surface area contributed by atoms with Gasteiger partial charge in [0.15, 0.2) is 0 Å². The van der Waals surface area contributed by atoms with E-state index in [4.69, 9.17) is 0 Å². The SMILES string of the molecule is CCN(C(=O)c1ccccc1[N+](=O)[O-])c1cc(C)ccc1C. The lowest BCUT2D eigenvalue weighted by Gasteiger charge is -2.23. The normalized spacial score (nSPS) is 10.3. The predicted molar refractivity (Wildman–Crippen MR) is 86.4 cm³/mol. The van der Waals surface area contributed by atoms with Crippen LogP contribution in [0.2, 0.25) is 0 Å². The molecule has 0 spiro atoms. The molecular formula is C17H18N2O3. The van der Waals surface area contributed by atoms with Crippen LogP contribution in [-0.2, 0) is 0 Å². The monoisotopic (exact) mass is 298 g/mol. The van der Waals surface area contributed by atoms with E-state index in [2.05, 4.69) is 0 Å². The molecule has 0 unspecified atom stereocenters. The molecule has 1 amide bonds. The smallest absolute Gasteiger partial charge is 0.282 e. The van der Waals surface area contributed by atoms with Gasteiger partial charge in [0.1, 0.15) is 5.56 Å². The summed E-state index contributed by atoms with van der Waals surface area (Å²) in [5.41, 5.74) is 2.71. The van der Waals surface area contributed by atoms with Gasteiger partial charge >= 0.3 is 0 Å². The number of rotatable bonds is 4. The molecule has 2 rings (SSSR count). The summed E-state index contributed by atoms with van der Waals surface area (Å²) in [6.45, 7) is 6.17. The first-order chi connectivity index (χ1) is 10.5. The fourth-order valence-corrected chi connectivity index (χ4v) is 2.39. The average Bonchev–Trinajstić information content (AvgIpc) is 2.51. The van der Waals surface area contributed by atoms with E-state index in [1.807, 2.05) is 39.0 Å². The lowest BCUT2D eigenvalue weighted by atomic mass is 10.1. The summed E-state index contributed by atoms with van der Waals surface area (Å²) >= 11 is 0. The summed E-state index contributed by atoms with van der Waals surface area (Å²) in [6, 6.07) is 11.9. The molecule has 5 heteroatoms. The molecule has 0 aliphatic carbocycles. The van der Waals surface area contributed by atoms with Crippen LogP contribution in [0.5, 0.6) is 0 Å². The van der Waals surface area contributed by atoms with Gasteiger partial charge in [-0.3, -0.25) is 14.9 Å². The van der Waals surface area contributed by atoms with Gasteiger partial charge in [0.25, 0.3) is 11.6 Å². The summed E-state index contributed by atoms with van der Waals surface area (Å²) in [4.78, 5) is 25.0. The summed E-state index contributed by atoms with van der Waals surface area (Å²) in [5, 5.41) is 11.1. The molecule has 0 radical (unpaired) electrons. The molecule has 0 heterocycles. The van der Waals surface area contributed by atoms with Crippen molar-refractivity contribution >= 4 is 17.3 Å². The highest BCUT2D eigenvalue weighted by Crippen LogP contribution is 2.26. The maximum atomic E-state index is 12.8. The Balaban J connectivity index is 2.50. The molecule has 114 valence electrons. The minimum Gasteiger partial charge on any atom is -0.308 e. The maximum absolute atomic E-state index is 12.8. The molecule has 0 saturated heterocycles. The third-order valence-corrected chi connectivity index (χ3v) is 3.55. The molecule has 0 N–H and O–H groups in total. The minimum atomic E-state index is -0.524. The molecule has 0 atom stereocenters. The Hall–Kier alpha value is -2.69. The second-order valence-electron chi connectivity index (χ2n) is 5.11. The Kier molecular flexibility index (Phi) is 4.56. The van der Waals surface area contributed by atoms with Crippen molar-refractivity contribution in [2.75, 3.05) is 11.4 Å². The first-order valence-electron chi connectivity index (χ1n) is 7.08. The number of hydrogen-bond acceptors (Lipinski definition) is 3. The van der Waals surface area contributed by atoms with Crippen molar-refractivity contribution < 1.29 is 9.72 Å². The second kappa shape index (κ2) is 6.39. The number of nitrogens with zero attached hydrogens (tertiary/aromatic N) is 2. The summed E-state index contributed by atoms with van der Waals surface area (Å²) in [6.07, 6.45) is 0. The highest BCUT2D eigenvalue weighted by molar-refractivity contribution is 6.09. The van der Waals surface area contributed by atoms with Crippen LogP contribution < -0.4 is 4.90 Å². The second-order valence-corrected chi connectivity index (χ2v) is 5.11. The highest BCUT2D eigenvalue weighted by Gasteiger charge is 2.25. The van der Waals surface area contributed by atoms with Crippen molar-refractivity contribution in [3.63, 3.8) is 0 Å². The van der Waals surface area contributed by atoms with Crippen LogP contribution in [0.3, 0.4) is 0 Å². The molecule has 0 aliphatic heterocycles. The number of carbonyl (C=O) groups excluding carboxylic acids is 1. The predicted octanol–water partition coefficient (Wildman–Crippen LogP) is 3.88. The van der Waals surface area contributed by atoms with E-state index in [1.54, 1.807) is 17.0 Å². The molecular weight excluding hydrogens is 280 g/mol. The molecule has 0 fully saturated rings. The fourth-order valence-electron chi connectivity index (χ4n) is 2.39. The molecule has 2 aromatic rings. The maximum Gasteiger partial charge on any atom is 0.282 e. The number of carbonyl (C=O) groups is 1. The van der Waals surface area contributed by atoms with Gasteiger partial charge in [-0.25, -0.2) is 0 Å². The van der Waals surface area contributed by atoms with Crippen molar-refractivity contribution in [1.29, 1.82) is 0 Å². The molecule has 5 nitrogen and oxygen atoms in total. The zero-order valence-electron chi connectivity index (χ0n) is 12.9. The van der Waals surface area contributed by atoms with Crippen LogP contribution in [-0.4, -0.2) is 17.4 Å². The van der Waals surface area contributed by atoms with E-state index in [-0.39, 0.29) is 17.2 Å². The number of amides is 1. The molecule has 22 heavy (non-hydrogen) atoms. The van der Waals surface area contributed by atoms with Gasteiger partial charge in [-0.1, -0.05) is 24.3 Å². The zero-order valence-corrected chi connectivity index (χ0v) is 12.9. The van der Waals surface area contributed by atoms with Gasteiger partial charge in [-0.15, -0.1) is 0 Å². The molecule has 0 bridgehead atoms. The minimum absolute atomic E-state index is 0.107. The fraction of sp³-hybridized carbons (Fsp3) is 0.235. The Morgan fingerprint density at radius 2 is 1.86 bits per heavy atom. The number of hydrogen-bond donors (Lipinski definition) is 0. The Morgan fingerprint density at radius 3 is 2.50 bits per heavy atom. The number of nitro benzene ring substituents is 1. The van der Waals surface area contributed by atoms with Gasteiger partial charge in [0.05, 0.1) is 4.92 Å². The molecule has 0 saturated carbocycles. The van der Waals surface area contributed by atoms with E-state index in [1.165, 1.54) is 12.1 Å². The van der Waals surface area contributed by atoms with Gasteiger partial charge in [-0.2, -0.15) is 0 Å². The van der Waals surface area contributed by atoms with E-state index in [0.29, 0.717) is 6.54 Å². The number of para-hydroxylation sites is 1. The number of aryl methyl sites for hydroxylation is 2. The quantitative estimate of drug-likeness (QED) is 0.635. The van der Waals surface area contributed by atoms with E-state index in [9.17, 15) is 14.9 Å². The lowest BCUT2D eigenvalue weighted by molar-refractivity contribution is -0.385. The van der Waals surface area contributed by atoms with Crippen molar-refractivity contribution in [3.05, 3.63) is 69.3 Å². The molecule has 0 aliphatic rings. The molecule has 0 aromatic heterocycles. The first-order valence-corrected chi connectivity index (χ1v) is 7.08. The highest BCUT2D eigenvalue weighted by atomic mass is 16.6. The number of nitro groups is 1. The number of benzene rings is 2. The van der Waals surface area contributed by atoms with E-state index < -0.39 is 4.92 Å². The van der Waals surface area contributed by atoms with Crippen molar-refractivity contribution in [2.24, 2.45) is 0 Å². The summed E-state index contributed by atoms with van der Waals surface area (Å²) in [5.74, 6) is -0.358. The largest absolute Gasteiger partial charge is 0.308 e. The topological polar surface area (TPSA) is 63.5 Å². The number of anilines is 1.